The summed E-state index contributed by atoms with van der Waals surface area (Å²) in [7, 11) is 0. The number of ether oxygens (including phenoxy) is 2. The molecule has 24 heavy (non-hydrogen) atoms. The van der Waals surface area contributed by atoms with Crippen LogP contribution in [-0.4, -0.2) is 47.0 Å². The largest absolute Gasteiger partial charge is 0.465 e. The van der Waals surface area contributed by atoms with Crippen LogP contribution in [0.3, 0.4) is 0 Å². The van der Waals surface area contributed by atoms with Gasteiger partial charge in [-0.15, -0.1) is 0 Å². The zero-order chi connectivity index (χ0) is 18.0. The van der Waals surface area contributed by atoms with Gasteiger partial charge in [-0.3, -0.25) is 14.5 Å². The maximum Gasteiger partial charge on any atom is 0.411 e. The fourth-order valence-corrected chi connectivity index (χ4v) is 3.78. The van der Waals surface area contributed by atoms with Crippen molar-refractivity contribution in [3.8, 4) is 0 Å². The van der Waals surface area contributed by atoms with E-state index in [1.807, 2.05) is 20.8 Å². The fourth-order valence-electron chi connectivity index (χ4n) is 3.78. The SMILES string of the molecule is CCOC(=O)C1CCCC2(CCCCN2C(=O)OC(C)(C)C)C1=O. The molecule has 2 unspecified atom stereocenters. The molecule has 0 aromatic carbocycles. The van der Waals surface area contributed by atoms with Gasteiger partial charge in [0.15, 0.2) is 5.78 Å². The highest BCUT2D eigenvalue weighted by Gasteiger charge is 2.54. The number of hydrogen-bond acceptors (Lipinski definition) is 5. The van der Waals surface area contributed by atoms with Gasteiger partial charge in [0.25, 0.3) is 0 Å². The van der Waals surface area contributed by atoms with Crippen LogP contribution in [0.2, 0.25) is 0 Å². The van der Waals surface area contributed by atoms with Crippen LogP contribution >= 0.6 is 0 Å². The first-order valence-corrected chi connectivity index (χ1v) is 8.93. The van der Waals surface area contributed by atoms with Gasteiger partial charge in [-0.1, -0.05) is 0 Å². The molecule has 0 aromatic heterocycles. The predicted molar refractivity (Wildman–Crippen MR) is 88.5 cm³/mol. The number of carbonyl (C=O) groups is 3. The lowest BCUT2D eigenvalue weighted by atomic mass is 9.69. The summed E-state index contributed by atoms with van der Waals surface area (Å²) < 4.78 is 10.6. The Morgan fingerprint density at radius 3 is 2.50 bits per heavy atom. The minimum Gasteiger partial charge on any atom is -0.465 e. The van der Waals surface area contributed by atoms with Crippen LogP contribution in [0.15, 0.2) is 0 Å². The minimum absolute atomic E-state index is 0.169. The Morgan fingerprint density at radius 1 is 1.21 bits per heavy atom. The molecule has 0 radical (unpaired) electrons. The van der Waals surface area contributed by atoms with Crippen LogP contribution in [0.4, 0.5) is 4.79 Å². The first-order chi connectivity index (χ1) is 11.2. The molecule has 0 aromatic rings. The Kier molecular flexibility index (Phi) is 5.56. The summed E-state index contributed by atoms with van der Waals surface area (Å²) in [6, 6.07) is 0. The lowest BCUT2D eigenvalue weighted by Gasteiger charge is -2.49. The average Bonchev–Trinajstić information content (AvgIpc) is 2.49. The highest BCUT2D eigenvalue weighted by atomic mass is 16.6. The van der Waals surface area contributed by atoms with Gasteiger partial charge in [0.1, 0.15) is 17.1 Å². The molecule has 1 heterocycles. The van der Waals surface area contributed by atoms with E-state index in [2.05, 4.69) is 0 Å². The molecule has 2 aliphatic rings. The molecule has 2 rings (SSSR count). The molecule has 6 heteroatoms. The first-order valence-electron chi connectivity index (χ1n) is 8.93. The van der Waals surface area contributed by atoms with Crippen LogP contribution in [0.5, 0.6) is 0 Å². The molecule has 0 N–H and O–H groups in total. The molecule has 1 amide bonds. The summed E-state index contributed by atoms with van der Waals surface area (Å²) in [6.07, 6.45) is 3.69. The number of piperidine rings is 1. The van der Waals surface area contributed by atoms with E-state index in [0.29, 0.717) is 25.8 Å². The third kappa shape index (κ3) is 3.73. The molecular weight excluding hydrogens is 310 g/mol. The zero-order valence-electron chi connectivity index (χ0n) is 15.2. The number of carbonyl (C=O) groups excluding carboxylic acids is 3. The van der Waals surface area contributed by atoms with Gasteiger partial charge in [-0.25, -0.2) is 4.79 Å². The summed E-state index contributed by atoms with van der Waals surface area (Å²) in [6.45, 7) is 7.92. The molecule has 0 bridgehead atoms. The van der Waals surface area contributed by atoms with Gasteiger partial charge >= 0.3 is 12.1 Å². The molecule has 1 saturated carbocycles. The summed E-state index contributed by atoms with van der Waals surface area (Å²) in [4.78, 5) is 39.6. The molecule has 1 aliphatic heterocycles. The van der Waals surface area contributed by atoms with E-state index in [4.69, 9.17) is 9.47 Å². The number of likely N-dealkylation sites (tertiary alicyclic amines) is 1. The second-order valence-corrected chi connectivity index (χ2v) is 7.68. The summed E-state index contributed by atoms with van der Waals surface area (Å²) in [5, 5.41) is 0. The number of ketones is 1. The Hall–Kier alpha value is -1.59. The number of rotatable bonds is 2. The predicted octanol–water partition coefficient (Wildman–Crippen LogP) is 3.08. The molecule has 1 spiro atoms. The Balaban J connectivity index is 2.27. The van der Waals surface area contributed by atoms with Crippen molar-refractivity contribution in [2.75, 3.05) is 13.2 Å². The minimum atomic E-state index is -0.906. The first kappa shape index (κ1) is 18.7. The number of esters is 1. The maximum absolute atomic E-state index is 13.1. The van der Waals surface area contributed by atoms with Gasteiger partial charge in [-0.2, -0.15) is 0 Å². The smallest absolute Gasteiger partial charge is 0.411 e. The second-order valence-electron chi connectivity index (χ2n) is 7.68. The van der Waals surface area contributed by atoms with Crippen molar-refractivity contribution in [3.05, 3.63) is 0 Å². The molecule has 2 fully saturated rings. The van der Waals surface area contributed by atoms with E-state index in [1.165, 1.54) is 0 Å². The molecule has 1 aliphatic carbocycles. The summed E-state index contributed by atoms with van der Waals surface area (Å²) in [5.41, 5.74) is -1.52. The van der Waals surface area contributed by atoms with Crippen LogP contribution < -0.4 is 0 Å². The lowest BCUT2D eigenvalue weighted by Crippen LogP contribution is -2.63. The van der Waals surface area contributed by atoms with Crippen molar-refractivity contribution in [2.45, 2.75) is 77.4 Å². The van der Waals surface area contributed by atoms with Crippen molar-refractivity contribution in [2.24, 2.45) is 5.92 Å². The van der Waals surface area contributed by atoms with E-state index in [0.717, 1.165) is 19.3 Å². The monoisotopic (exact) mass is 339 g/mol. The number of hydrogen-bond donors (Lipinski definition) is 0. The van der Waals surface area contributed by atoms with Gasteiger partial charge < -0.3 is 9.47 Å². The highest BCUT2D eigenvalue weighted by Crippen LogP contribution is 2.41. The van der Waals surface area contributed by atoms with E-state index in [9.17, 15) is 14.4 Å². The molecule has 6 nitrogen and oxygen atoms in total. The van der Waals surface area contributed by atoms with E-state index < -0.39 is 29.1 Å². The summed E-state index contributed by atoms with van der Waals surface area (Å²) in [5.74, 6) is -1.39. The normalized spacial score (nSPS) is 27.9. The van der Waals surface area contributed by atoms with Crippen molar-refractivity contribution < 1.29 is 23.9 Å². The second kappa shape index (κ2) is 7.11. The van der Waals surface area contributed by atoms with E-state index in [1.54, 1.807) is 11.8 Å². The van der Waals surface area contributed by atoms with Gasteiger partial charge in [0.05, 0.1) is 6.61 Å². The Labute approximate surface area is 143 Å². The zero-order valence-corrected chi connectivity index (χ0v) is 15.2. The van der Waals surface area contributed by atoms with Gasteiger partial charge in [-0.05, 0) is 66.2 Å². The summed E-state index contributed by atoms with van der Waals surface area (Å²) >= 11 is 0. The topological polar surface area (TPSA) is 72.9 Å². The molecule has 136 valence electrons. The van der Waals surface area contributed by atoms with Gasteiger partial charge in [0.2, 0.25) is 0 Å². The molecule has 1 saturated heterocycles. The number of amides is 1. The fraction of sp³-hybridized carbons (Fsp3) is 0.833. The third-order valence-corrected chi connectivity index (χ3v) is 4.78. The van der Waals surface area contributed by atoms with Crippen LogP contribution in [-0.2, 0) is 19.1 Å². The Morgan fingerprint density at radius 2 is 1.88 bits per heavy atom. The van der Waals surface area contributed by atoms with Crippen molar-refractivity contribution in [1.29, 1.82) is 0 Å². The average molecular weight is 339 g/mol. The third-order valence-electron chi connectivity index (χ3n) is 4.78. The van der Waals surface area contributed by atoms with Crippen LogP contribution in [0, 0.1) is 5.92 Å². The maximum atomic E-state index is 13.1. The molecule has 2 atom stereocenters. The Bertz CT molecular complexity index is 506. The van der Waals surface area contributed by atoms with Crippen LogP contribution in [0.1, 0.15) is 66.2 Å². The van der Waals surface area contributed by atoms with Crippen molar-refractivity contribution in [3.63, 3.8) is 0 Å². The van der Waals surface area contributed by atoms with E-state index >= 15 is 0 Å². The number of Topliss-reactive ketones (excluding diaryl/α,β-unsaturated/α-hetero) is 1. The number of nitrogens with zero attached hydrogens (tertiary/aromatic N) is 1. The quantitative estimate of drug-likeness (QED) is 0.571. The molecular formula is C18H29NO5. The van der Waals surface area contributed by atoms with Crippen molar-refractivity contribution in [1.82, 2.24) is 4.90 Å². The highest BCUT2D eigenvalue weighted by molar-refractivity contribution is 6.05. The van der Waals surface area contributed by atoms with Gasteiger partial charge in [0, 0.05) is 6.54 Å². The lowest BCUT2D eigenvalue weighted by molar-refractivity contribution is -0.159. The van der Waals surface area contributed by atoms with Crippen molar-refractivity contribution >= 4 is 17.8 Å². The standard InChI is InChI=1S/C18H29NO5/c1-5-23-15(21)13-9-8-11-18(14(13)20)10-6-7-12-19(18)16(22)24-17(2,3)4/h13H,5-12H2,1-4H3. The van der Waals surface area contributed by atoms with E-state index in [-0.39, 0.29) is 12.4 Å². The van der Waals surface area contributed by atoms with Crippen LogP contribution in [0.25, 0.3) is 0 Å².